The number of aromatic nitrogens is 2. The lowest BCUT2D eigenvalue weighted by atomic mass is 9.90. The van der Waals surface area contributed by atoms with Crippen molar-refractivity contribution in [2.24, 2.45) is 0 Å². The molecule has 0 amide bonds. The monoisotopic (exact) mass is 278 g/mol. The molecular weight excluding hydrogens is 264 g/mol. The zero-order valence-electron chi connectivity index (χ0n) is 11.1. The number of esters is 1. The number of carbonyl (C=O) groups is 1. The summed E-state index contributed by atoms with van der Waals surface area (Å²) in [7, 11) is 1.38. The van der Waals surface area contributed by atoms with Crippen molar-refractivity contribution in [3.63, 3.8) is 0 Å². The van der Waals surface area contributed by atoms with Gasteiger partial charge < -0.3 is 9.30 Å². The number of halogens is 1. The molecule has 0 bridgehead atoms. The quantitative estimate of drug-likeness (QED) is 0.811. The zero-order valence-corrected chi connectivity index (χ0v) is 11.8. The van der Waals surface area contributed by atoms with E-state index >= 15 is 0 Å². The molecule has 0 unspecified atom stereocenters. The minimum Gasteiger partial charge on any atom is -0.468 e. The Kier molecular flexibility index (Phi) is 3.62. The fraction of sp³-hybridized carbons (Fsp3) is 0.286. The largest absolute Gasteiger partial charge is 0.468 e. The van der Waals surface area contributed by atoms with Gasteiger partial charge in [0.05, 0.1) is 19.1 Å². The molecule has 19 heavy (non-hydrogen) atoms. The molecule has 0 aliphatic rings. The van der Waals surface area contributed by atoms with Crippen LogP contribution in [0.3, 0.4) is 0 Å². The van der Waals surface area contributed by atoms with Crippen LogP contribution >= 0.6 is 11.6 Å². The highest BCUT2D eigenvalue weighted by atomic mass is 35.5. The maximum absolute atomic E-state index is 11.7. The van der Waals surface area contributed by atoms with Crippen LogP contribution < -0.4 is 0 Å². The Morgan fingerprint density at radius 1 is 1.32 bits per heavy atom. The van der Waals surface area contributed by atoms with Crippen molar-refractivity contribution in [1.29, 1.82) is 0 Å². The van der Waals surface area contributed by atoms with Crippen LogP contribution in [0.4, 0.5) is 0 Å². The highest BCUT2D eigenvalue weighted by molar-refractivity contribution is 6.30. The average molecular weight is 279 g/mol. The van der Waals surface area contributed by atoms with Gasteiger partial charge in [-0.25, -0.2) is 4.98 Å². The third kappa shape index (κ3) is 2.63. The van der Waals surface area contributed by atoms with Gasteiger partial charge in [0.15, 0.2) is 0 Å². The van der Waals surface area contributed by atoms with Gasteiger partial charge in [-0.1, -0.05) is 11.6 Å². The van der Waals surface area contributed by atoms with E-state index in [9.17, 15) is 4.79 Å². The molecule has 5 heteroatoms. The van der Waals surface area contributed by atoms with Crippen molar-refractivity contribution in [2.75, 3.05) is 7.11 Å². The molecule has 100 valence electrons. The fourth-order valence-electron chi connectivity index (χ4n) is 1.76. The molecule has 4 nitrogen and oxygen atoms in total. The Morgan fingerprint density at radius 3 is 2.53 bits per heavy atom. The average Bonchev–Trinajstić information content (AvgIpc) is 2.88. The van der Waals surface area contributed by atoms with Crippen molar-refractivity contribution in [2.45, 2.75) is 19.3 Å². The van der Waals surface area contributed by atoms with Gasteiger partial charge in [0, 0.05) is 16.9 Å². The van der Waals surface area contributed by atoms with E-state index in [-0.39, 0.29) is 5.97 Å². The smallest absolute Gasteiger partial charge is 0.317 e. The molecule has 0 saturated carbocycles. The summed E-state index contributed by atoms with van der Waals surface area (Å²) in [4.78, 5) is 16.0. The lowest BCUT2D eigenvalue weighted by Gasteiger charge is -2.18. The Balaban J connectivity index is 2.34. The molecule has 2 rings (SSSR count). The number of ether oxygens (including phenoxy) is 1. The summed E-state index contributed by atoms with van der Waals surface area (Å²) < 4.78 is 6.64. The molecule has 0 atom stereocenters. The Bertz CT molecular complexity index is 588. The second-order valence-corrected chi connectivity index (χ2v) is 5.20. The van der Waals surface area contributed by atoms with E-state index in [2.05, 4.69) is 4.98 Å². The Hall–Kier alpha value is -1.81. The van der Waals surface area contributed by atoms with Crippen LogP contribution in [0.5, 0.6) is 0 Å². The van der Waals surface area contributed by atoms with Gasteiger partial charge in [0.1, 0.15) is 5.41 Å². The topological polar surface area (TPSA) is 44.1 Å². The molecule has 0 spiro atoms. The lowest BCUT2D eigenvalue weighted by molar-refractivity contribution is -0.146. The summed E-state index contributed by atoms with van der Waals surface area (Å²) in [5, 5.41) is 0.680. The number of methoxy groups -OCH3 is 1. The SMILES string of the molecule is COC(=O)C(C)(C)c1cn(-c2ccc(Cl)cc2)cn1. The van der Waals surface area contributed by atoms with E-state index < -0.39 is 5.41 Å². The summed E-state index contributed by atoms with van der Waals surface area (Å²) >= 11 is 5.85. The van der Waals surface area contributed by atoms with E-state index in [1.165, 1.54) is 7.11 Å². The predicted octanol–water partition coefficient (Wildman–Crippen LogP) is 2.98. The van der Waals surface area contributed by atoms with Gasteiger partial charge in [-0.15, -0.1) is 0 Å². The second kappa shape index (κ2) is 5.05. The molecule has 0 N–H and O–H groups in total. The molecular formula is C14H15ClN2O2. The van der Waals surface area contributed by atoms with Crippen LogP contribution in [0, 0.1) is 0 Å². The number of benzene rings is 1. The van der Waals surface area contributed by atoms with Crippen molar-refractivity contribution < 1.29 is 9.53 Å². The van der Waals surface area contributed by atoms with E-state index in [0.29, 0.717) is 10.7 Å². The van der Waals surface area contributed by atoms with Crippen molar-refractivity contribution >= 4 is 17.6 Å². The van der Waals surface area contributed by atoms with Gasteiger partial charge in [0.2, 0.25) is 0 Å². The van der Waals surface area contributed by atoms with Gasteiger partial charge in [-0.2, -0.15) is 0 Å². The van der Waals surface area contributed by atoms with E-state index in [1.807, 2.05) is 35.0 Å². The fourth-order valence-corrected chi connectivity index (χ4v) is 1.89. The van der Waals surface area contributed by atoms with Gasteiger partial charge in [-0.05, 0) is 38.1 Å². The number of carbonyl (C=O) groups excluding carboxylic acids is 1. The first-order valence-electron chi connectivity index (χ1n) is 5.84. The third-order valence-corrected chi connectivity index (χ3v) is 3.30. The van der Waals surface area contributed by atoms with Gasteiger partial charge in [0.25, 0.3) is 0 Å². The molecule has 0 fully saturated rings. The van der Waals surface area contributed by atoms with Gasteiger partial charge >= 0.3 is 5.97 Å². The van der Waals surface area contributed by atoms with E-state index in [1.54, 1.807) is 20.2 Å². The number of rotatable bonds is 3. The van der Waals surface area contributed by atoms with Crippen LogP contribution in [0.25, 0.3) is 5.69 Å². The molecule has 1 aromatic heterocycles. The van der Waals surface area contributed by atoms with Crippen molar-refractivity contribution in [3.05, 3.63) is 47.5 Å². The van der Waals surface area contributed by atoms with Crippen LogP contribution in [0.2, 0.25) is 5.02 Å². The number of hydrogen-bond donors (Lipinski definition) is 0. The first-order chi connectivity index (χ1) is 8.95. The third-order valence-electron chi connectivity index (χ3n) is 3.04. The van der Waals surface area contributed by atoms with Crippen LogP contribution in [0.1, 0.15) is 19.5 Å². The molecule has 0 radical (unpaired) electrons. The van der Waals surface area contributed by atoms with Crippen molar-refractivity contribution in [1.82, 2.24) is 9.55 Å². The predicted molar refractivity (Wildman–Crippen MR) is 73.6 cm³/mol. The van der Waals surface area contributed by atoms with Crippen LogP contribution in [0.15, 0.2) is 36.8 Å². The number of imidazole rings is 1. The molecule has 0 saturated heterocycles. The van der Waals surface area contributed by atoms with Crippen LogP contribution in [-0.4, -0.2) is 22.6 Å². The summed E-state index contributed by atoms with van der Waals surface area (Å²) in [5.41, 5.74) is 0.824. The molecule has 0 aliphatic carbocycles. The molecule has 0 aliphatic heterocycles. The maximum atomic E-state index is 11.7. The van der Waals surface area contributed by atoms with Crippen LogP contribution in [-0.2, 0) is 14.9 Å². The standard InChI is InChI=1S/C14H15ClN2O2/c1-14(2,13(18)19-3)12-8-17(9-16-12)11-6-4-10(15)5-7-11/h4-9H,1-3H3. The molecule has 1 heterocycles. The first kappa shape index (κ1) is 13.6. The summed E-state index contributed by atoms with van der Waals surface area (Å²) in [5.74, 6) is -0.311. The Morgan fingerprint density at radius 2 is 1.95 bits per heavy atom. The highest BCUT2D eigenvalue weighted by Gasteiger charge is 2.33. The first-order valence-corrected chi connectivity index (χ1v) is 6.22. The minimum absolute atomic E-state index is 0.311. The lowest BCUT2D eigenvalue weighted by Crippen LogP contribution is -2.30. The normalized spacial score (nSPS) is 11.4. The summed E-state index contributed by atoms with van der Waals surface area (Å²) in [6, 6.07) is 7.39. The summed E-state index contributed by atoms with van der Waals surface area (Å²) in [6.45, 7) is 3.57. The van der Waals surface area contributed by atoms with E-state index in [0.717, 1.165) is 5.69 Å². The summed E-state index contributed by atoms with van der Waals surface area (Å²) in [6.07, 6.45) is 3.49. The molecule has 2 aromatic rings. The zero-order chi connectivity index (χ0) is 14.0. The molecule has 1 aromatic carbocycles. The van der Waals surface area contributed by atoms with Gasteiger partial charge in [-0.3, -0.25) is 4.79 Å². The van der Waals surface area contributed by atoms with E-state index in [4.69, 9.17) is 16.3 Å². The highest BCUT2D eigenvalue weighted by Crippen LogP contribution is 2.24. The minimum atomic E-state index is -0.771. The maximum Gasteiger partial charge on any atom is 0.317 e. The number of hydrogen-bond acceptors (Lipinski definition) is 3. The van der Waals surface area contributed by atoms with Crippen molar-refractivity contribution in [3.8, 4) is 5.69 Å². The second-order valence-electron chi connectivity index (χ2n) is 4.76. The Labute approximate surface area is 117 Å². The number of nitrogens with zero attached hydrogens (tertiary/aromatic N) is 2.